The van der Waals surface area contributed by atoms with Crippen molar-refractivity contribution in [3.8, 4) is 0 Å². The fourth-order valence-electron chi connectivity index (χ4n) is 1.20. The summed E-state index contributed by atoms with van der Waals surface area (Å²) >= 11 is 3.05. The highest BCUT2D eigenvalue weighted by Crippen LogP contribution is 2.29. The van der Waals surface area contributed by atoms with Gasteiger partial charge in [0.1, 0.15) is 0 Å². The number of aromatic nitrogens is 1. The molecule has 1 aromatic heterocycles. The third-order valence-electron chi connectivity index (χ3n) is 1.88. The van der Waals surface area contributed by atoms with Gasteiger partial charge in [0.2, 0.25) is 0 Å². The molecule has 2 aromatic rings. The van der Waals surface area contributed by atoms with E-state index in [0.717, 1.165) is 15.1 Å². The summed E-state index contributed by atoms with van der Waals surface area (Å²) in [6.45, 7) is 3.65. The zero-order chi connectivity index (χ0) is 10.8. The maximum Gasteiger partial charge on any atom is 0.181 e. The highest BCUT2D eigenvalue weighted by Gasteiger charge is 2.04. The van der Waals surface area contributed by atoms with Crippen LogP contribution in [-0.2, 0) is 0 Å². The number of anilines is 1. The predicted octanol–water partition coefficient (Wildman–Crippen LogP) is 2.44. The van der Waals surface area contributed by atoms with Crippen molar-refractivity contribution in [1.29, 1.82) is 0 Å². The number of nitrogens with zero attached hydrogens (tertiary/aromatic N) is 1. The molecule has 2 rings (SSSR count). The standard InChI is InChI=1S/C10H11N3S2/c1-2-9(11)14-6-3-4-7-8(5-6)15-10(12)13-7/h2-5,9H,1,11H2,(H2,12,13). The van der Waals surface area contributed by atoms with E-state index >= 15 is 0 Å². The van der Waals surface area contributed by atoms with Crippen LogP contribution in [-0.4, -0.2) is 10.4 Å². The number of fused-ring (bicyclic) bond motifs is 1. The summed E-state index contributed by atoms with van der Waals surface area (Å²) in [4.78, 5) is 5.30. The van der Waals surface area contributed by atoms with Crippen LogP contribution in [0.5, 0.6) is 0 Å². The first-order valence-corrected chi connectivity index (χ1v) is 6.09. The lowest BCUT2D eigenvalue weighted by molar-refractivity contribution is 1.16. The Hall–Kier alpha value is -1.04. The first-order chi connectivity index (χ1) is 7.19. The molecule has 1 atom stereocenters. The molecule has 0 saturated heterocycles. The van der Waals surface area contributed by atoms with Crippen LogP contribution in [0.2, 0.25) is 0 Å². The van der Waals surface area contributed by atoms with Gasteiger partial charge < -0.3 is 11.5 Å². The van der Waals surface area contributed by atoms with Gasteiger partial charge in [0.25, 0.3) is 0 Å². The number of nitrogens with two attached hydrogens (primary N) is 2. The molecule has 0 radical (unpaired) electrons. The first-order valence-electron chi connectivity index (χ1n) is 4.40. The van der Waals surface area contributed by atoms with E-state index in [-0.39, 0.29) is 5.37 Å². The van der Waals surface area contributed by atoms with Gasteiger partial charge in [-0.1, -0.05) is 17.4 Å². The maximum atomic E-state index is 5.76. The van der Waals surface area contributed by atoms with E-state index in [1.165, 1.54) is 11.3 Å². The van der Waals surface area contributed by atoms with Crippen molar-refractivity contribution in [2.45, 2.75) is 10.3 Å². The molecule has 0 aliphatic carbocycles. The van der Waals surface area contributed by atoms with Crippen molar-refractivity contribution in [2.75, 3.05) is 5.73 Å². The minimum atomic E-state index is -0.0762. The van der Waals surface area contributed by atoms with Gasteiger partial charge in [-0.2, -0.15) is 0 Å². The highest BCUT2D eigenvalue weighted by molar-refractivity contribution is 8.00. The second kappa shape index (κ2) is 4.22. The third-order valence-corrected chi connectivity index (χ3v) is 3.72. The second-order valence-electron chi connectivity index (χ2n) is 3.00. The molecule has 1 unspecified atom stereocenters. The number of thiazole rings is 1. The van der Waals surface area contributed by atoms with Gasteiger partial charge in [-0.25, -0.2) is 4.98 Å². The average molecular weight is 237 g/mol. The molecule has 0 fully saturated rings. The number of hydrogen-bond acceptors (Lipinski definition) is 5. The maximum absolute atomic E-state index is 5.76. The van der Waals surface area contributed by atoms with Crippen molar-refractivity contribution in [3.05, 3.63) is 30.9 Å². The van der Waals surface area contributed by atoms with Gasteiger partial charge in [0, 0.05) is 4.90 Å². The Kier molecular flexibility index (Phi) is 2.95. The predicted molar refractivity (Wildman–Crippen MR) is 68.1 cm³/mol. The Morgan fingerprint density at radius 3 is 3.07 bits per heavy atom. The van der Waals surface area contributed by atoms with E-state index < -0.39 is 0 Å². The number of benzene rings is 1. The Balaban J connectivity index is 2.33. The van der Waals surface area contributed by atoms with Gasteiger partial charge in [0.05, 0.1) is 15.6 Å². The largest absolute Gasteiger partial charge is 0.375 e. The Labute approximate surface area is 96.2 Å². The van der Waals surface area contributed by atoms with E-state index in [4.69, 9.17) is 11.5 Å². The fourth-order valence-corrected chi connectivity index (χ4v) is 2.79. The summed E-state index contributed by atoms with van der Waals surface area (Å²) in [5, 5.41) is 0.521. The average Bonchev–Trinajstić information content (AvgIpc) is 2.57. The van der Waals surface area contributed by atoms with E-state index in [0.29, 0.717) is 5.13 Å². The van der Waals surface area contributed by atoms with Crippen molar-refractivity contribution in [3.63, 3.8) is 0 Å². The van der Waals surface area contributed by atoms with E-state index in [1.54, 1.807) is 17.8 Å². The molecule has 5 heteroatoms. The summed E-state index contributed by atoms with van der Waals surface area (Å²) in [5.74, 6) is 0. The van der Waals surface area contributed by atoms with E-state index in [9.17, 15) is 0 Å². The van der Waals surface area contributed by atoms with Crippen molar-refractivity contribution < 1.29 is 0 Å². The molecule has 78 valence electrons. The lowest BCUT2D eigenvalue weighted by atomic mass is 10.3. The number of rotatable bonds is 3. The van der Waals surface area contributed by atoms with Crippen LogP contribution < -0.4 is 11.5 Å². The van der Waals surface area contributed by atoms with Crippen molar-refractivity contribution in [1.82, 2.24) is 4.98 Å². The van der Waals surface area contributed by atoms with Gasteiger partial charge in [-0.15, -0.1) is 18.3 Å². The first kappa shape index (κ1) is 10.5. The number of nitrogen functional groups attached to an aromatic ring is 1. The Morgan fingerprint density at radius 2 is 2.33 bits per heavy atom. The van der Waals surface area contributed by atoms with Crippen molar-refractivity contribution >= 4 is 38.4 Å². The van der Waals surface area contributed by atoms with Gasteiger partial charge in [-0.05, 0) is 18.2 Å². The molecule has 3 nitrogen and oxygen atoms in total. The fraction of sp³-hybridized carbons (Fsp3) is 0.100. The smallest absolute Gasteiger partial charge is 0.181 e. The molecule has 0 aliphatic heterocycles. The summed E-state index contributed by atoms with van der Waals surface area (Å²) in [5.41, 5.74) is 12.3. The second-order valence-corrected chi connectivity index (χ2v) is 5.31. The number of thioether (sulfide) groups is 1. The lowest BCUT2D eigenvalue weighted by Gasteiger charge is -2.04. The zero-order valence-electron chi connectivity index (χ0n) is 8.01. The molecule has 0 aliphatic rings. The molecule has 0 amide bonds. The minimum Gasteiger partial charge on any atom is -0.375 e. The summed E-state index contributed by atoms with van der Waals surface area (Å²) in [6.07, 6.45) is 1.72. The van der Waals surface area contributed by atoms with E-state index in [2.05, 4.69) is 17.6 Å². The van der Waals surface area contributed by atoms with Crippen LogP contribution in [0.3, 0.4) is 0 Å². The van der Waals surface area contributed by atoms with E-state index in [1.807, 2.05) is 12.1 Å². The topological polar surface area (TPSA) is 64.9 Å². The van der Waals surface area contributed by atoms with Gasteiger partial charge in [-0.3, -0.25) is 0 Å². The molecule has 1 aromatic carbocycles. The van der Waals surface area contributed by atoms with Gasteiger partial charge >= 0.3 is 0 Å². The Bertz CT molecular complexity index is 492. The van der Waals surface area contributed by atoms with Gasteiger partial charge in [0.15, 0.2) is 5.13 Å². The lowest BCUT2D eigenvalue weighted by Crippen LogP contribution is -2.10. The third kappa shape index (κ3) is 2.31. The SMILES string of the molecule is C=CC(N)Sc1ccc2nc(N)sc2c1. The minimum absolute atomic E-state index is 0.0762. The normalized spacial score (nSPS) is 12.9. The summed E-state index contributed by atoms with van der Waals surface area (Å²) < 4.78 is 1.09. The molecule has 0 saturated carbocycles. The molecule has 0 spiro atoms. The van der Waals surface area contributed by atoms with Crippen LogP contribution in [0.15, 0.2) is 35.7 Å². The summed E-state index contributed by atoms with van der Waals surface area (Å²) in [6, 6.07) is 6.01. The summed E-state index contributed by atoms with van der Waals surface area (Å²) in [7, 11) is 0. The molecule has 1 heterocycles. The van der Waals surface area contributed by atoms with Crippen LogP contribution in [0.1, 0.15) is 0 Å². The Morgan fingerprint density at radius 1 is 1.53 bits per heavy atom. The highest BCUT2D eigenvalue weighted by atomic mass is 32.2. The van der Waals surface area contributed by atoms with Crippen LogP contribution >= 0.6 is 23.1 Å². The monoisotopic (exact) mass is 237 g/mol. The molecular weight excluding hydrogens is 226 g/mol. The van der Waals surface area contributed by atoms with Crippen LogP contribution in [0.4, 0.5) is 5.13 Å². The molecule has 4 N–H and O–H groups in total. The zero-order valence-corrected chi connectivity index (χ0v) is 9.65. The molecular formula is C10H11N3S2. The quantitative estimate of drug-likeness (QED) is 0.489. The van der Waals surface area contributed by atoms with Crippen molar-refractivity contribution in [2.24, 2.45) is 5.73 Å². The molecule has 15 heavy (non-hydrogen) atoms. The van der Waals surface area contributed by atoms with Crippen LogP contribution in [0, 0.1) is 0 Å². The van der Waals surface area contributed by atoms with Crippen LogP contribution in [0.25, 0.3) is 10.2 Å². The number of hydrogen-bond donors (Lipinski definition) is 2. The molecule has 0 bridgehead atoms.